The van der Waals surface area contributed by atoms with E-state index in [1.54, 1.807) is 6.08 Å². The van der Waals surface area contributed by atoms with E-state index in [1.165, 1.54) is 11.6 Å². The SMILES string of the molecule is CC(C=C[C@@H]1C[C@]2(CO2)CC(C)(C)O1)=CCC1CCC(NC(=O)C=CC(C)OC(=O)C2CCN(C)CC2)CC1. The summed E-state index contributed by atoms with van der Waals surface area (Å²) in [5, 5.41) is 3.13. The summed E-state index contributed by atoms with van der Waals surface area (Å²) in [5.41, 5.74) is 1.19. The predicted octanol–water partition coefficient (Wildman–Crippen LogP) is 5.11. The minimum Gasteiger partial charge on any atom is -0.458 e. The van der Waals surface area contributed by atoms with Gasteiger partial charge in [-0.1, -0.05) is 23.8 Å². The van der Waals surface area contributed by atoms with Crippen LogP contribution in [-0.4, -0.2) is 73.0 Å². The first kappa shape index (κ1) is 30.0. The first-order valence-electron chi connectivity index (χ1n) is 15.1. The third-order valence-electron chi connectivity index (χ3n) is 8.76. The molecule has 0 radical (unpaired) electrons. The zero-order valence-electron chi connectivity index (χ0n) is 24.7. The predicted molar refractivity (Wildman–Crippen MR) is 153 cm³/mol. The van der Waals surface area contributed by atoms with Crippen molar-refractivity contribution in [3.8, 4) is 0 Å². The van der Waals surface area contributed by atoms with Gasteiger partial charge in [0.2, 0.25) is 5.91 Å². The highest BCUT2D eigenvalue weighted by Crippen LogP contribution is 2.46. The number of nitrogens with zero attached hydrogens (tertiary/aromatic N) is 1. The molecule has 7 heteroatoms. The lowest BCUT2D eigenvalue weighted by atomic mass is 9.83. The Balaban J connectivity index is 1.11. The molecule has 4 aliphatic rings. The molecule has 0 aromatic heterocycles. The molecule has 0 bridgehead atoms. The number of likely N-dealkylation sites (tertiary alicyclic amines) is 1. The van der Waals surface area contributed by atoms with E-state index in [-0.39, 0.29) is 41.1 Å². The second kappa shape index (κ2) is 13.1. The first-order chi connectivity index (χ1) is 18.5. The van der Waals surface area contributed by atoms with E-state index >= 15 is 0 Å². The topological polar surface area (TPSA) is 80.4 Å². The number of carbonyl (C=O) groups is 2. The van der Waals surface area contributed by atoms with Crippen LogP contribution < -0.4 is 5.32 Å². The van der Waals surface area contributed by atoms with Gasteiger partial charge in [-0.25, -0.2) is 0 Å². The summed E-state index contributed by atoms with van der Waals surface area (Å²) in [4.78, 5) is 27.0. The lowest BCUT2D eigenvalue weighted by Gasteiger charge is -2.38. The molecule has 1 amide bonds. The van der Waals surface area contributed by atoms with E-state index in [4.69, 9.17) is 14.2 Å². The number of amides is 1. The number of hydrogen-bond acceptors (Lipinski definition) is 6. The maximum atomic E-state index is 12.4. The molecule has 3 aliphatic heterocycles. The Hall–Kier alpha value is -1.96. The molecule has 0 aromatic rings. The summed E-state index contributed by atoms with van der Waals surface area (Å²) in [7, 11) is 2.07. The molecular weight excluding hydrogens is 492 g/mol. The largest absolute Gasteiger partial charge is 0.458 e. The number of carbonyl (C=O) groups excluding carboxylic acids is 2. The molecule has 218 valence electrons. The Bertz CT molecular complexity index is 928. The molecular formula is C32H50N2O5. The summed E-state index contributed by atoms with van der Waals surface area (Å²) < 4.78 is 17.6. The van der Waals surface area contributed by atoms with Crippen LogP contribution in [0.25, 0.3) is 0 Å². The van der Waals surface area contributed by atoms with Crippen LogP contribution in [0.2, 0.25) is 0 Å². The maximum Gasteiger partial charge on any atom is 0.309 e. The molecule has 1 saturated carbocycles. The molecule has 1 aliphatic carbocycles. The van der Waals surface area contributed by atoms with E-state index in [2.05, 4.69) is 56.3 Å². The van der Waals surface area contributed by atoms with Gasteiger partial charge in [-0.2, -0.15) is 0 Å². The van der Waals surface area contributed by atoms with Gasteiger partial charge in [0, 0.05) is 25.0 Å². The van der Waals surface area contributed by atoms with Gasteiger partial charge in [0.15, 0.2) is 0 Å². The van der Waals surface area contributed by atoms with E-state index in [1.807, 2.05) is 6.92 Å². The standard InChI is InChI=1S/C32H50N2O5/c1-23(7-14-28-20-32(22-37-32)21-31(3,4)39-28)6-9-25-10-12-27(13-11-25)33-29(35)15-8-24(2)38-30(36)26-16-18-34(5)19-17-26/h6-8,14-15,24-28H,9-13,16-22H2,1-5H3,(H,33,35)/t24?,25?,27?,28-,32-/m1/s1. The monoisotopic (exact) mass is 542 g/mol. The van der Waals surface area contributed by atoms with Gasteiger partial charge in [0.1, 0.15) is 6.10 Å². The number of esters is 1. The summed E-state index contributed by atoms with van der Waals surface area (Å²) in [6.45, 7) is 11.0. The van der Waals surface area contributed by atoms with Gasteiger partial charge in [-0.05, 0) is 105 Å². The quantitative estimate of drug-likeness (QED) is 0.189. The van der Waals surface area contributed by atoms with E-state index in [9.17, 15) is 9.59 Å². The van der Waals surface area contributed by atoms with Crippen LogP contribution in [0.4, 0.5) is 0 Å². The fourth-order valence-corrected chi connectivity index (χ4v) is 6.39. The fourth-order valence-electron chi connectivity index (χ4n) is 6.39. The smallest absolute Gasteiger partial charge is 0.309 e. The number of hydrogen-bond donors (Lipinski definition) is 1. The lowest BCUT2D eigenvalue weighted by molar-refractivity contribution is -0.152. The third-order valence-corrected chi connectivity index (χ3v) is 8.76. The number of rotatable bonds is 9. The third kappa shape index (κ3) is 9.58. The second-order valence-corrected chi connectivity index (χ2v) is 13.1. The van der Waals surface area contributed by atoms with Crippen LogP contribution >= 0.6 is 0 Å². The molecule has 3 saturated heterocycles. The van der Waals surface area contributed by atoms with Gasteiger partial charge in [-0.15, -0.1) is 0 Å². The van der Waals surface area contributed by atoms with Crippen molar-refractivity contribution in [2.24, 2.45) is 11.8 Å². The summed E-state index contributed by atoms with van der Waals surface area (Å²) in [6, 6.07) is 0.212. The minimum absolute atomic E-state index is 0.0287. The van der Waals surface area contributed by atoms with Crippen LogP contribution in [0.3, 0.4) is 0 Å². The summed E-state index contributed by atoms with van der Waals surface area (Å²) in [5.74, 6) is 0.377. The van der Waals surface area contributed by atoms with E-state index in [0.29, 0.717) is 5.92 Å². The van der Waals surface area contributed by atoms with Gasteiger partial charge in [-0.3, -0.25) is 9.59 Å². The Kier molecular flexibility index (Phi) is 10.1. The van der Waals surface area contributed by atoms with E-state index < -0.39 is 6.10 Å². The molecule has 4 rings (SSSR count). The molecule has 39 heavy (non-hydrogen) atoms. The normalized spacial score (nSPS) is 32.9. The van der Waals surface area contributed by atoms with Crippen molar-refractivity contribution in [2.45, 2.75) is 115 Å². The first-order valence-corrected chi connectivity index (χ1v) is 15.1. The van der Waals surface area contributed by atoms with Crippen molar-refractivity contribution < 1.29 is 23.8 Å². The van der Waals surface area contributed by atoms with Crippen LogP contribution in [0.15, 0.2) is 36.0 Å². The average Bonchev–Trinajstić information content (AvgIpc) is 3.62. The van der Waals surface area contributed by atoms with Gasteiger partial charge < -0.3 is 24.4 Å². The van der Waals surface area contributed by atoms with Gasteiger partial charge >= 0.3 is 5.97 Å². The second-order valence-electron chi connectivity index (χ2n) is 13.1. The number of nitrogens with one attached hydrogen (secondary N) is 1. The highest BCUT2D eigenvalue weighted by atomic mass is 16.6. The number of epoxide rings is 1. The zero-order chi connectivity index (χ0) is 28.0. The van der Waals surface area contributed by atoms with Gasteiger partial charge in [0.05, 0.1) is 29.8 Å². The molecule has 1 unspecified atom stereocenters. The van der Waals surface area contributed by atoms with Crippen molar-refractivity contribution in [2.75, 3.05) is 26.7 Å². The molecule has 7 nitrogen and oxygen atoms in total. The lowest BCUT2D eigenvalue weighted by Crippen LogP contribution is -2.43. The molecule has 0 aromatic carbocycles. The van der Waals surface area contributed by atoms with Crippen molar-refractivity contribution in [3.63, 3.8) is 0 Å². The fraction of sp³-hybridized carbons (Fsp3) is 0.750. The molecule has 3 atom stereocenters. The Morgan fingerprint density at radius 3 is 2.46 bits per heavy atom. The Morgan fingerprint density at radius 2 is 1.79 bits per heavy atom. The van der Waals surface area contributed by atoms with Crippen molar-refractivity contribution in [3.05, 3.63) is 36.0 Å². The van der Waals surface area contributed by atoms with Gasteiger partial charge in [0.25, 0.3) is 0 Å². The minimum atomic E-state index is -0.401. The van der Waals surface area contributed by atoms with Crippen LogP contribution in [-0.2, 0) is 23.8 Å². The molecule has 3 heterocycles. The maximum absolute atomic E-state index is 12.4. The Labute approximate surface area is 235 Å². The highest BCUT2D eigenvalue weighted by Gasteiger charge is 2.53. The van der Waals surface area contributed by atoms with Crippen molar-refractivity contribution in [1.29, 1.82) is 0 Å². The summed E-state index contributed by atoms with van der Waals surface area (Å²) in [6.07, 6.45) is 18.6. The molecule has 1 spiro atoms. The zero-order valence-corrected chi connectivity index (χ0v) is 24.7. The van der Waals surface area contributed by atoms with Crippen LogP contribution in [0.1, 0.15) is 85.5 Å². The van der Waals surface area contributed by atoms with Crippen molar-refractivity contribution >= 4 is 11.9 Å². The molecule has 1 N–H and O–H groups in total. The Morgan fingerprint density at radius 1 is 1.10 bits per heavy atom. The highest BCUT2D eigenvalue weighted by molar-refractivity contribution is 5.87. The summed E-state index contributed by atoms with van der Waals surface area (Å²) >= 11 is 0. The van der Waals surface area contributed by atoms with Crippen LogP contribution in [0.5, 0.6) is 0 Å². The van der Waals surface area contributed by atoms with Crippen molar-refractivity contribution in [1.82, 2.24) is 10.2 Å². The number of ether oxygens (including phenoxy) is 3. The molecule has 4 fully saturated rings. The average molecular weight is 543 g/mol. The number of allylic oxidation sites excluding steroid dienone is 3. The number of piperidine rings is 1. The van der Waals surface area contributed by atoms with E-state index in [0.717, 1.165) is 77.5 Å². The van der Waals surface area contributed by atoms with Crippen LogP contribution in [0, 0.1) is 11.8 Å².